The Labute approximate surface area is 102 Å². The average molecular weight is 235 g/mol. The summed E-state index contributed by atoms with van der Waals surface area (Å²) >= 11 is 0. The van der Waals surface area contributed by atoms with Crippen LogP contribution in [-0.2, 0) is 6.54 Å². The van der Waals surface area contributed by atoms with Crippen LogP contribution < -0.4 is 16.6 Å². The van der Waals surface area contributed by atoms with Crippen molar-refractivity contribution in [3.63, 3.8) is 0 Å². The Morgan fingerprint density at radius 2 is 2.06 bits per heavy atom. The molecule has 1 aliphatic rings. The molecule has 4 nitrogen and oxygen atoms in total. The molecule has 1 heterocycles. The van der Waals surface area contributed by atoms with E-state index in [4.69, 9.17) is 5.73 Å². The van der Waals surface area contributed by atoms with Crippen molar-refractivity contribution < 1.29 is 0 Å². The molecule has 0 spiro atoms. The molecule has 0 unspecified atom stereocenters. The van der Waals surface area contributed by atoms with E-state index in [9.17, 15) is 4.79 Å². The number of nitrogens with zero attached hydrogens (tertiary/aromatic N) is 1. The van der Waals surface area contributed by atoms with Gasteiger partial charge in [0.05, 0.1) is 5.69 Å². The van der Waals surface area contributed by atoms with Crippen LogP contribution in [0.4, 0.5) is 5.69 Å². The van der Waals surface area contributed by atoms with E-state index < -0.39 is 0 Å². The Balaban J connectivity index is 2.01. The highest BCUT2D eigenvalue weighted by molar-refractivity contribution is 5.41. The molecule has 1 aromatic heterocycles. The van der Waals surface area contributed by atoms with Gasteiger partial charge in [-0.05, 0) is 38.7 Å². The molecular weight excluding hydrogens is 214 g/mol. The van der Waals surface area contributed by atoms with Crippen molar-refractivity contribution in [3.05, 3.63) is 28.7 Å². The van der Waals surface area contributed by atoms with Crippen LogP contribution in [0.5, 0.6) is 0 Å². The van der Waals surface area contributed by atoms with Gasteiger partial charge in [-0.25, -0.2) is 0 Å². The Morgan fingerprint density at radius 3 is 2.71 bits per heavy atom. The average Bonchev–Trinajstić information content (AvgIpc) is 2.34. The standard InChI is InChI=1S/C13H21N3O/c1-2-16-9-12(7-8-13(16)17)15-11-5-3-10(14)4-6-11/h7-11,15H,2-6,14H2,1H3. The fraction of sp³-hybridized carbons (Fsp3) is 0.615. The monoisotopic (exact) mass is 235 g/mol. The molecule has 1 fully saturated rings. The molecule has 2 rings (SSSR count). The van der Waals surface area contributed by atoms with Crippen molar-refractivity contribution in [2.24, 2.45) is 5.73 Å². The number of aryl methyl sites for hydroxylation is 1. The highest BCUT2D eigenvalue weighted by Gasteiger charge is 2.18. The van der Waals surface area contributed by atoms with Crippen LogP contribution in [0.25, 0.3) is 0 Å². The fourth-order valence-electron chi connectivity index (χ4n) is 2.36. The third-order valence-electron chi connectivity index (χ3n) is 3.47. The lowest BCUT2D eigenvalue weighted by atomic mass is 9.92. The maximum absolute atomic E-state index is 11.5. The van der Waals surface area contributed by atoms with Crippen LogP contribution in [0.3, 0.4) is 0 Å². The first-order chi connectivity index (χ1) is 8.19. The molecule has 0 atom stereocenters. The summed E-state index contributed by atoms with van der Waals surface area (Å²) in [6, 6.07) is 4.36. The van der Waals surface area contributed by atoms with Crippen LogP contribution in [0.1, 0.15) is 32.6 Å². The highest BCUT2D eigenvalue weighted by Crippen LogP contribution is 2.20. The quantitative estimate of drug-likeness (QED) is 0.835. The number of pyridine rings is 1. The van der Waals surface area contributed by atoms with Crippen LogP contribution in [0, 0.1) is 0 Å². The number of anilines is 1. The Hall–Kier alpha value is -1.29. The minimum Gasteiger partial charge on any atom is -0.381 e. The predicted molar refractivity (Wildman–Crippen MR) is 70.2 cm³/mol. The van der Waals surface area contributed by atoms with Gasteiger partial charge < -0.3 is 15.6 Å². The van der Waals surface area contributed by atoms with E-state index in [1.165, 1.54) is 0 Å². The summed E-state index contributed by atoms with van der Waals surface area (Å²) in [6.07, 6.45) is 6.31. The van der Waals surface area contributed by atoms with Gasteiger partial charge in [-0.3, -0.25) is 4.79 Å². The minimum atomic E-state index is 0.0590. The molecule has 0 bridgehead atoms. The number of hydrogen-bond donors (Lipinski definition) is 2. The largest absolute Gasteiger partial charge is 0.381 e. The van der Waals surface area contributed by atoms with Gasteiger partial charge in [0.25, 0.3) is 5.56 Å². The van der Waals surface area contributed by atoms with E-state index in [2.05, 4.69) is 5.32 Å². The Kier molecular flexibility index (Phi) is 3.84. The second kappa shape index (κ2) is 5.36. The number of hydrogen-bond acceptors (Lipinski definition) is 3. The first-order valence-corrected chi connectivity index (χ1v) is 6.41. The SMILES string of the molecule is CCn1cc(NC2CCC(N)CC2)ccc1=O. The molecule has 1 saturated carbocycles. The first kappa shape index (κ1) is 12.2. The normalized spacial score (nSPS) is 24.6. The molecule has 1 aliphatic carbocycles. The predicted octanol–water partition coefficient (Wildman–Crippen LogP) is 1.55. The van der Waals surface area contributed by atoms with E-state index in [0.717, 1.165) is 31.4 Å². The summed E-state index contributed by atoms with van der Waals surface area (Å²) in [4.78, 5) is 11.5. The molecule has 3 N–H and O–H groups in total. The van der Waals surface area contributed by atoms with E-state index >= 15 is 0 Å². The van der Waals surface area contributed by atoms with Crippen LogP contribution >= 0.6 is 0 Å². The summed E-state index contributed by atoms with van der Waals surface area (Å²) in [6.45, 7) is 2.69. The fourth-order valence-corrected chi connectivity index (χ4v) is 2.36. The molecule has 0 aromatic carbocycles. The summed E-state index contributed by atoms with van der Waals surface area (Å²) in [5, 5.41) is 3.49. The molecule has 94 valence electrons. The third-order valence-corrected chi connectivity index (χ3v) is 3.47. The van der Waals surface area contributed by atoms with Gasteiger partial charge in [0.2, 0.25) is 0 Å². The van der Waals surface area contributed by atoms with Gasteiger partial charge in [0.1, 0.15) is 0 Å². The van der Waals surface area contributed by atoms with E-state index in [-0.39, 0.29) is 5.56 Å². The van der Waals surface area contributed by atoms with Crippen molar-refractivity contribution in [3.8, 4) is 0 Å². The van der Waals surface area contributed by atoms with Crippen molar-refractivity contribution in [1.82, 2.24) is 4.57 Å². The zero-order valence-corrected chi connectivity index (χ0v) is 10.4. The molecule has 0 radical (unpaired) electrons. The van der Waals surface area contributed by atoms with Crippen LogP contribution in [-0.4, -0.2) is 16.7 Å². The Bertz CT molecular complexity index is 419. The molecule has 4 heteroatoms. The van der Waals surface area contributed by atoms with E-state index in [0.29, 0.717) is 18.6 Å². The minimum absolute atomic E-state index is 0.0590. The van der Waals surface area contributed by atoms with Gasteiger partial charge in [0.15, 0.2) is 0 Å². The van der Waals surface area contributed by atoms with E-state index in [1.54, 1.807) is 10.6 Å². The smallest absolute Gasteiger partial charge is 0.250 e. The van der Waals surface area contributed by atoms with E-state index in [1.807, 2.05) is 19.2 Å². The zero-order valence-electron chi connectivity index (χ0n) is 10.4. The van der Waals surface area contributed by atoms with Crippen molar-refractivity contribution in [1.29, 1.82) is 0 Å². The number of nitrogens with two attached hydrogens (primary N) is 1. The maximum Gasteiger partial charge on any atom is 0.250 e. The molecule has 17 heavy (non-hydrogen) atoms. The molecular formula is C13H21N3O. The number of nitrogens with one attached hydrogen (secondary N) is 1. The molecule has 0 amide bonds. The maximum atomic E-state index is 11.5. The summed E-state index contributed by atoms with van der Waals surface area (Å²) < 4.78 is 1.72. The van der Waals surface area contributed by atoms with Crippen molar-refractivity contribution in [2.75, 3.05) is 5.32 Å². The lowest BCUT2D eigenvalue weighted by molar-refractivity contribution is 0.411. The second-order valence-corrected chi connectivity index (χ2v) is 4.80. The van der Waals surface area contributed by atoms with Crippen LogP contribution in [0.15, 0.2) is 23.1 Å². The molecule has 1 aromatic rings. The van der Waals surface area contributed by atoms with Crippen LogP contribution in [0.2, 0.25) is 0 Å². The van der Waals surface area contributed by atoms with Crippen molar-refractivity contribution in [2.45, 2.75) is 51.2 Å². The summed E-state index contributed by atoms with van der Waals surface area (Å²) in [5.74, 6) is 0. The lowest BCUT2D eigenvalue weighted by Crippen LogP contribution is -2.33. The van der Waals surface area contributed by atoms with Gasteiger partial charge in [-0.2, -0.15) is 0 Å². The summed E-state index contributed by atoms with van der Waals surface area (Å²) in [7, 11) is 0. The summed E-state index contributed by atoms with van der Waals surface area (Å²) in [5.41, 5.74) is 6.98. The van der Waals surface area contributed by atoms with Gasteiger partial charge >= 0.3 is 0 Å². The third kappa shape index (κ3) is 3.09. The topological polar surface area (TPSA) is 60.1 Å². The molecule has 0 saturated heterocycles. The zero-order chi connectivity index (χ0) is 12.3. The lowest BCUT2D eigenvalue weighted by Gasteiger charge is -2.27. The second-order valence-electron chi connectivity index (χ2n) is 4.80. The van der Waals surface area contributed by atoms with Gasteiger partial charge in [-0.15, -0.1) is 0 Å². The first-order valence-electron chi connectivity index (χ1n) is 6.41. The van der Waals surface area contributed by atoms with Gasteiger partial charge in [0, 0.05) is 30.9 Å². The van der Waals surface area contributed by atoms with Crippen molar-refractivity contribution >= 4 is 5.69 Å². The number of aromatic nitrogens is 1. The Morgan fingerprint density at radius 1 is 1.35 bits per heavy atom. The van der Waals surface area contributed by atoms with Gasteiger partial charge in [-0.1, -0.05) is 0 Å². The number of rotatable bonds is 3. The molecule has 0 aliphatic heterocycles. The highest BCUT2D eigenvalue weighted by atomic mass is 16.1.